The molecule has 1 aromatic carbocycles. The van der Waals surface area contributed by atoms with Crippen LogP contribution in [0, 0.1) is 0 Å². The Morgan fingerprint density at radius 3 is 2.47 bits per heavy atom. The second-order valence-electron chi connectivity index (χ2n) is 3.56. The van der Waals surface area contributed by atoms with Crippen LogP contribution in [-0.4, -0.2) is 14.5 Å². The summed E-state index contributed by atoms with van der Waals surface area (Å²) in [6, 6.07) is 4.41. The van der Waals surface area contributed by atoms with E-state index < -0.39 is 10.0 Å². The minimum absolute atomic E-state index is 0.0642. The zero-order chi connectivity index (χ0) is 11.1. The van der Waals surface area contributed by atoms with Crippen LogP contribution in [0.1, 0.15) is 12.8 Å². The molecule has 0 saturated heterocycles. The van der Waals surface area contributed by atoms with Gasteiger partial charge in [0.05, 0.1) is 11.8 Å². The van der Waals surface area contributed by atoms with Crippen molar-refractivity contribution in [2.24, 2.45) is 5.14 Å². The molecule has 1 aromatic rings. The van der Waals surface area contributed by atoms with Gasteiger partial charge in [0.1, 0.15) is 10.6 Å². The minimum atomic E-state index is -3.74. The quantitative estimate of drug-likeness (QED) is 0.734. The third-order valence-electron chi connectivity index (χ3n) is 2.11. The Kier molecular flexibility index (Phi) is 2.32. The van der Waals surface area contributed by atoms with Crippen molar-refractivity contribution in [1.82, 2.24) is 0 Å². The third kappa shape index (κ3) is 2.40. The fourth-order valence-corrected chi connectivity index (χ4v) is 1.88. The summed E-state index contributed by atoms with van der Waals surface area (Å²) >= 11 is 0. The lowest BCUT2D eigenvalue weighted by Gasteiger charge is -2.07. The third-order valence-corrected chi connectivity index (χ3v) is 3.10. The van der Waals surface area contributed by atoms with E-state index in [0.29, 0.717) is 5.75 Å². The number of nitrogens with two attached hydrogens (primary N) is 2. The lowest BCUT2D eigenvalue weighted by Crippen LogP contribution is -2.14. The molecule has 0 aliphatic heterocycles. The summed E-state index contributed by atoms with van der Waals surface area (Å²) in [4.78, 5) is -0.0642. The summed E-state index contributed by atoms with van der Waals surface area (Å²) in [5, 5.41) is 4.97. The number of primary sulfonamides is 1. The van der Waals surface area contributed by atoms with Crippen LogP contribution in [0.5, 0.6) is 5.75 Å². The van der Waals surface area contributed by atoms with Crippen molar-refractivity contribution in [3.63, 3.8) is 0 Å². The lowest BCUT2D eigenvalue weighted by molar-refractivity contribution is 0.303. The Morgan fingerprint density at radius 2 is 2.00 bits per heavy atom. The average Bonchev–Trinajstić information content (AvgIpc) is 2.85. The van der Waals surface area contributed by atoms with Gasteiger partial charge in [0.25, 0.3) is 0 Å². The van der Waals surface area contributed by atoms with E-state index >= 15 is 0 Å². The fraction of sp³-hybridized carbons (Fsp3) is 0.333. The van der Waals surface area contributed by atoms with Crippen molar-refractivity contribution in [1.29, 1.82) is 0 Å². The van der Waals surface area contributed by atoms with Crippen LogP contribution >= 0.6 is 0 Å². The van der Waals surface area contributed by atoms with Gasteiger partial charge in [-0.2, -0.15) is 0 Å². The highest BCUT2D eigenvalue weighted by molar-refractivity contribution is 7.89. The molecule has 0 bridgehead atoms. The molecule has 82 valence electrons. The highest BCUT2D eigenvalue weighted by atomic mass is 32.2. The van der Waals surface area contributed by atoms with E-state index in [2.05, 4.69) is 0 Å². The minimum Gasteiger partial charge on any atom is -0.490 e. The standard InChI is InChI=1S/C9H12N2O3S/c10-8-5-7(14-6-1-2-6)3-4-9(8)15(11,12)13/h3-6H,1-2,10H2,(H2,11,12,13). The predicted octanol–water partition coefficient (Wildman–Crippen LogP) is 0.457. The first kappa shape index (κ1) is 10.3. The maximum absolute atomic E-state index is 11.1. The molecule has 4 N–H and O–H groups in total. The molecule has 2 rings (SSSR count). The van der Waals surface area contributed by atoms with Crippen LogP contribution in [0.25, 0.3) is 0 Å². The maximum Gasteiger partial charge on any atom is 0.240 e. The highest BCUT2D eigenvalue weighted by Gasteiger charge is 2.24. The second-order valence-corrected chi connectivity index (χ2v) is 5.09. The summed E-state index contributed by atoms with van der Waals surface area (Å²) in [6.07, 6.45) is 2.33. The van der Waals surface area contributed by atoms with Gasteiger partial charge >= 0.3 is 0 Å². The highest BCUT2D eigenvalue weighted by Crippen LogP contribution is 2.29. The summed E-state index contributed by atoms with van der Waals surface area (Å²) < 4.78 is 27.6. The number of hydrogen-bond acceptors (Lipinski definition) is 4. The maximum atomic E-state index is 11.1. The molecule has 0 radical (unpaired) electrons. The lowest BCUT2D eigenvalue weighted by atomic mass is 10.3. The summed E-state index contributed by atoms with van der Waals surface area (Å²) in [5.74, 6) is 0.586. The Labute approximate surface area is 88.1 Å². The Balaban J connectivity index is 2.29. The molecule has 0 aromatic heterocycles. The molecule has 5 nitrogen and oxygen atoms in total. The normalized spacial score (nSPS) is 16.3. The first-order chi connectivity index (χ1) is 6.97. The molecular weight excluding hydrogens is 216 g/mol. The Hall–Kier alpha value is -1.27. The predicted molar refractivity (Wildman–Crippen MR) is 55.9 cm³/mol. The van der Waals surface area contributed by atoms with Crippen LogP contribution in [0.4, 0.5) is 5.69 Å². The van der Waals surface area contributed by atoms with E-state index in [9.17, 15) is 8.42 Å². The van der Waals surface area contributed by atoms with E-state index in [1.807, 2.05) is 0 Å². The average molecular weight is 228 g/mol. The molecular formula is C9H12N2O3S. The van der Waals surface area contributed by atoms with Crippen LogP contribution in [0.2, 0.25) is 0 Å². The molecule has 0 atom stereocenters. The van der Waals surface area contributed by atoms with Crippen molar-refractivity contribution in [3.8, 4) is 5.75 Å². The van der Waals surface area contributed by atoms with Crippen molar-refractivity contribution in [2.75, 3.05) is 5.73 Å². The van der Waals surface area contributed by atoms with E-state index in [-0.39, 0.29) is 16.7 Å². The number of hydrogen-bond donors (Lipinski definition) is 2. The Bertz CT molecular complexity index is 480. The Morgan fingerprint density at radius 1 is 1.33 bits per heavy atom. The van der Waals surface area contributed by atoms with E-state index in [4.69, 9.17) is 15.6 Å². The monoisotopic (exact) mass is 228 g/mol. The van der Waals surface area contributed by atoms with E-state index in [1.165, 1.54) is 12.1 Å². The smallest absolute Gasteiger partial charge is 0.240 e. The number of rotatable bonds is 3. The second kappa shape index (κ2) is 3.39. The van der Waals surface area contributed by atoms with Crippen molar-refractivity contribution >= 4 is 15.7 Å². The number of benzene rings is 1. The van der Waals surface area contributed by atoms with Gasteiger partial charge in [-0.3, -0.25) is 0 Å². The summed E-state index contributed by atoms with van der Waals surface area (Å²) in [6.45, 7) is 0. The molecule has 1 saturated carbocycles. The van der Waals surface area contributed by atoms with Crippen LogP contribution in [-0.2, 0) is 10.0 Å². The summed E-state index contributed by atoms with van der Waals surface area (Å²) in [7, 11) is -3.74. The largest absolute Gasteiger partial charge is 0.490 e. The molecule has 15 heavy (non-hydrogen) atoms. The number of sulfonamides is 1. The topological polar surface area (TPSA) is 95.4 Å². The zero-order valence-electron chi connectivity index (χ0n) is 8.01. The van der Waals surface area contributed by atoms with Gasteiger partial charge in [-0.1, -0.05) is 0 Å². The molecule has 1 aliphatic rings. The molecule has 6 heteroatoms. The molecule has 0 spiro atoms. The van der Waals surface area contributed by atoms with Crippen molar-refractivity contribution in [2.45, 2.75) is 23.8 Å². The van der Waals surface area contributed by atoms with Gasteiger partial charge in [-0.25, -0.2) is 13.6 Å². The SMILES string of the molecule is Nc1cc(OC2CC2)ccc1S(N)(=O)=O. The zero-order valence-corrected chi connectivity index (χ0v) is 8.83. The summed E-state index contributed by atoms with van der Waals surface area (Å²) in [5.41, 5.74) is 5.69. The van der Waals surface area contributed by atoms with E-state index in [1.54, 1.807) is 6.07 Å². The fourth-order valence-electron chi connectivity index (χ4n) is 1.24. The van der Waals surface area contributed by atoms with Gasteiger partial charge in [0, 0.05) is 6.07 Å². The van der Waals surface area contributed by atoms with Crippen LogP contribution in [0.15, 0.2) is 23.1 Å². The molecule has 1 aliphatic carbocycles. The van der Waals surface area contributed by atoms with Gasteiger partial charge in [0.15, 0.2) is 0 Å². The number of ether oxygens (including phenoxy) is 1. The van der Waals surface area contributed by atoms with Gasteiger partial charge in [-0.15, -0.1) is 0 Å². The number of nitrogen functional groups attached to an aromatic ring is 1. The molecule has 0 unspecified atom stereocenters. The van der Waals surface area contributed by atoms with E-state index in [0.717, 1.165) is 12.8 Å². The molecule has 0 heterocycles. The molecule has 1 fully saturated rings. The van der Waals surface area contributed by atoms with Gasteiger partial charge in [0.2, 0.25) is 10.0 Å². The first-order valence-electron chi connectivity index (χ1n) is 4.56. The van der Waals surface area contributed by atoms with Crippen LogP contribution in [0.3, 0.4) is 0 Å². The number of anilines is 1. The van der Waals surface area contributed by atoms with Crippen LogP contribution < -0.4 is 15.6 Å². The van der Waals surface area contributed by atoms with Crippen molar-refractivity contribution < 1.29 is 13.2 Å². The van der Waals surface area contributed by atoms with Gasteiger partial charge in [-0.05, 0) is 25.0 Å². The molecule has 0 amide bonds. The van der Waals surface area contributed by atoms with Crippen molar-refractivity contribution in [3.05, 3.63) is 18.2 Å². The van der Waals surface area contributed by atoms with Gasteiger partial charge < -0.3 is 10.5 Å². The first-order valence-corrected chi connectivity index (χ1v) is 6.10.